The minimum absolute atomic E-state index is 0.0353. The van der Waals surface area contributed by atoms with Crippen LogP contribution >= 0.6 is 0 Å². The summed E-state index contributed by atoms with van der Waals surface area (Å²) < 4.78 is 27.4. The van der Waals surface area contributed by atoms with Crippen molar-refractivity contribution in [2.24, 2.45) is 5.92 Å². The molecule has 0 aliphatic heterocycles. The number of aliphatic carboxylic acids is 1. The van der Waals surface area contributed by atoms with Crippen molar-refractivity contribution in [3.63, 3.8) is 0 Å². The molecule has 2 N–H and O–H groups in total. The van der Waals surface area contributed by atoms with Gasteiger partial charge in [-0.25, -0.2) is 8.42 Å². The van der Waals surface area contributed by atoms with E-state index in [2.05, 4.69) is 9.71 Å². The summed E-state index contributed by atoms with van der Waals surface area (Å²) in [4.78, 5) is 15.5. The smallest absolute Gasteiger partial charge is 0.322 e. The molecule has 1 heterocycles. The number of aryl methyl sites for hydroxylation is 1. The first kappa shape index (κ1) is 16.4. The van der Waals surface area contributed by atoms with Gasteiger partial charge in [0.25, 0.3) is 0 Å². The SMILES string of the molecule is Cc1ccc(S(=O)(=O)N[C@@H](C(=O)O)C(C)C)c2cccnc12. The van der Waals surface area contributed by atoms with Gasteiger partial charge in [0.1, 0.15) is 6.04 Å². The van der Waals surface area contributed by atoms with Crippen molar-refractivity contribution in [3.8, 4) is 0 Å². The first-order chi connectivity index (χ1) is 10.2. The molecule has 0 amide bonds. The maximum atomic E-state index is 12.6. The average Bonchev–Trinajstić information content (AvgIpc) is 2.44. The number of carbonyl (C=O) groups is 1. The highest BCUT2D eigenvalue weighted by molar-refractivity contribution is 7.89. The molecule has 0 aliphatic carbocycles. The van der Waals surface area contributed by atoms with Crippen LogP contribution in [-0.2, 0) is 14.8 Å². The Morgan fingerprint density at radius 1 is 1.27 bits per heavy atom. The predicted octanol–water partition coefficient (Wildman–Crippen LogP) is 1.93. The van der Waals surface area contributed by atoms with Crippen molar-refractivity contribution >= 4 is 26.9 Å². The summed E-state index contributed by atoms with van der Waals surface area (Å²) in [7, 11) is -3.96. The molecular formula is C15H18N2O4S. The molecule has 0 saturated carbocycles. The van der Waals surface area contributed by atoms with Crippen LogP contribution in [0.1, 0.15) is 19.4 Å². The van der Waals surface area contributed by atoms with Crippen molar-refractivity contribution in [2.45, 2.75) is 31.7 Å². The number of fused-ring (bicyclic) bond motifs is 1. The maximum Gasteiger partial charge on any atom is 0.322 e. The van der Waals surface area contributed by atoms with Gasteiger partial charge in [-0.2, -0.15) is 4.72 Å². The fraction of sp³-hybridized carbons (Fsp3) is 0.333. The van der Waals surface area contributed by atoms with E-state index < -0.39 is 22.0 Å². The first-order valence-electron chi connectivity index (χ1n) is 6.83. The Morgan fingerprint density at radius 2 is 1.95 bits per heavy atom. The van der Waals surface area contributed by atoms with E-state index in [0.29, 0.717) is 10.9 Å². The molecule has 2 rings (SSSR count). The number of carboxylic acids is 1. The van der Waals surface area contributed by atoms with Gasteiger partial charge in [0.2, 0.25) is 10.0 Å². The summed E-state index contributed by atoms with van der Waals surface area (Å²) >= 11 is 0. The normalized spacial score (nSPS) is 13.5. The van der Waals surface area contributed by atoms with Crippen LogP contribution in [0.2, 0.25) is 0 Å². The van der Waals surface area contributed by atoms with Gasteiger partial charge in [-0.3, -0.25) is 9.78 Å². The lowest BCUT2D eigenvalue weighted by Gasteiger charge is -2.18. The molecule has 2 aromatic rings. The quantitative estimate of drug-likeness (QED) is 0.877. The zero-order chi connectivity index (χ0) is 16.5. The zero-order valence-electron chi connectivity index (χ0n) is 12.6. The van der Waals surface area contributed by atoms with Crippen LogP contribution in [-0.4, -0.2) is 30.5 Å². The second-order valence-electron chi connectivity index (χ2n) is 5.46. The van der Waals surface area contributed by atoms with Gasteiger partial charge in [-0.1, -0.05) is 19.9 Å². The van der Waals surface area contributed by atoms with Crippen LogP contribution in [0.4, 0.5) is 0 Å². The zero-order valence-corrected chi connectivity index (χ0v) is 13.4. The fourth-order valence-corrected chi connectivity index (χ4v) is 3.76. The van der Waals surface area contributed by atoms with Gasteiger partial charge in [0.05, 0.1) is 10.4 Å². The summed E-state index contributed by atoms with van der Waals surface area (Å²) in [5.41, 5.74) is 1.44. The number of nitrogens with zero attached hydrogens (tertiary/aromatic N) is 1. The summed E-state index contributed by atoms with van der Waals surface area (Å²) in [6, 6.07) is 5.26. The maximum absolute atomic E-state index is 12.6. The van der Waals surface area contributed by atoms with E-state index in [9.17, 15) is 18.3 Å². The molecule has 1 atom stereocenters. The van der Waals surface area contributed by atoms with E-state index in [0.717, 1.165) is 5.56 Å². The number of aromatic nitrogens is 1. The van der Waals surface area contributed by atoms with Crippen LogP contribution in [0.15, 0.2) is 35.4 Å². The van der Waals surface area contributed by atoms with Gasteiger partial charge in [0, 0.05) is 11.6 Å². The molecule has 0 fully saturated rings. The van der Waals surface area contributed by atoms with E-state index in [1.807, 2.05) is 6.92 Å². The summed E-state index contributed by atoms with van der Waals surface area (Å²) in [6.45, 7) is 5.14. The molecule has 1 aromatic carbocycles. The van der Waals surface area contributed by atoms with Gasteiger partial charge in [0.15, 0.2) is 0 Å². The Bertz CT molecular complexity index is 815. The molecule has 7 heteroatoms. The number of benzene rings is 1. The largest absolute Gasteiger partial charge is 0.480 e. The number of hydrogen-bond acceptors (Lipinski definition) is 4. The predicted molar refractivity (Wildman–Crippen MR) is 83.1 cm³/mol. The van der Waals surface area contributed by atoms with Gasteiger partial charge >= 0.3 is 5.97 Å². The fourth-order valence-electron chi connectivity index (χ4n) is 2.22. The second-order valence-corrected chi connectivity index (χ2v) is 7.14. The average molecular weight is 322 g/mol. The van der Waals surface area contributed by atoms with Crippen molar-refractivity contribution < 1.29 is 18.3 Å². The molecule has 0 saturated heterocycles. The third-order valence-corrected chi connectivity index (χ3v) is 4.94. The summed E-state index contributed by atoms with van der Waals surface area (Å²) in [5, 5.41) is 9.65. The Hall–Kier alpha value is -1.99. The van der Waals surface area contributed by atoms with Crippen molar-refractivity contribution in [3.05, 3.63) is 36.0 Å². The molecular weight excluding hydrogens is 304 g/mol. The minimum atomic E-state index is -3.96. The number of pyridine rings is 1. The van der Waals surface area contributed by atoms with Crippen LogP contribution < -0.4 is 4.72 Å². The van der Waals surface area contributed by atoms with Crippen molar-refractivity contribution in [2.75, 3.05) is 0 Å². The Kier molecular flexibility index (Phi) is 4.48. The number of hydrogen-bond donors (Lipinski definition) is 2. The first-order valence-corrected chi connectivity index (χ1v) is 8.32. The lowest BCUT2D eigenvalue weighted by molar-refractivity contribution is -0.140. The molecule has 118 valence electrons. The molecule has 0 radical (unpaired) electrons. The lowest BCUT2D eigenvalue weighted by Crippen LogP contribution is -2.44. The van der Waals surface area contributed by atoms with Crippen LogP contribution in [0.3, 0.4) is 0 Å². The third-order valence-electron chi connectivity index (χ3n) is 3.44. The summed E-state index contributed by atoms with van der Waals surface area (Å²) in [5.74, 6) is -1.57. The highest BCUT2D eigenvalue weighted by Gasteiger charge is 2.29. The van der Waals surface area contributed by atoms with E-state index >= 15 is 0 Å². The Labute approximate surface area is 129 Å². The monoisotopic (exact) mass is 322 g/mol. The van der Waals surface area contributed by atoms with Crippen LogP contribution in [0.5, 0.6) is 0 Å². The highest BCUT2D eigenvalue weighted by atomic mass is 32.2. The molecule has 0 aliphatic rings. The summed E-state index contributed by atoms with van der Waals surface area (Å²) in [6.07, 6.45) is 1.59. The molecule has 22 heavy (non-hydrogen) atoms. The molecule has 1 aromatic heterocycles. The van der Waals surface area contributed by atoms with E-state index in [4.69, 9.17) is 0 Å². The third kappa shape index (κ3) is 3.10. The number of carboxylic acid groups (broad SMARTS) is 1. The molecule has 6 nitrogen and oxygen atoms in total. The Balaban J connectivity index is 2.55. The highest BCUT2D eigenvalue weighted by Crippen LogP contribution is 2.24. The number of sulfonamides is 1. The minimum Gasteiger partial charge on any atom is -0.480 e. The molecule has 0 bridgehead atoms. The van der Waals surface area contributed by atoms with E-state index in [-0.39, 0.29) is 10.8 Å². The molecule has 0 unspecified atom stereocenters. The van der Waals surface area contributed by atoms with Gasteiger partial charge in [-0.15, -0.1) is 0 Å². The van der Waals surface area contributed by atoms with E-state index in [1.54, 1.807) is 38.2 Å². The standard InChI is InChI=1S/C15H18N2O4S/c1-9(2)13(15(18)19)17-22(20,21)12-7-6-10(3)14-11(12)5-4-8-16-14/h4-9,13,17H,1-3H3,(H,18,19)/t13-/m1/s1. The second kappa shape index (κ2) is 6.02. The number of nitrogens with one attached hydrogen (secondary N) is 1. The molecule has 0 spiro atoms. The van der Waals surface area contributed by atoms with Crippen molar-refractivity contribution in [1.29, 1.82) is 0 Å². The Morgan fingerprint density at radius 3 is 2.55 bits per heavy atom. The van der Waals surface area contributed by atoms with Crippen LogP contribution in [0, 0.1) is 12.8 Å². The topological polar surface area (TPSA) is 96.4 Å². The van der Waals surface area contributed by atoms with E-state index in [1.165, 1.54) is 6.07 Å². The van der Waals surface area contributed by atoms with Crippen molar-refractivity contribution in [1.82, 2.24) is 9.71 Å². The van der Waals surface area contributed by atoms with Crippen LogP contribution in [0.25, 0.3) is 10.9 Å². The lowest BCUT2D eigenvalue weighted by atomic mass is 10.1. The van der Waals surface area contributed by atoms with Gasteiger partial charge in [-0.05, 0) is 36.6 Å². The number of rotatable bonds is 5. The van der Waals surface area contributed by atoms with Gasteiger partial charge < -0.3 is 5.11 Å².